The zero-order chi connectivity index (χ0) is 18.5. The van der Waals surface area contributed by atoms with Gasteiger partial charge in [0.2, 0.25) is 0 Å². The number of hydrogen-bond donors (Lipinski definition) is 1. The molecule has 0 bridgehead atoms. The highest BCUT2D eigenvalue weighted by atomic mass is 16.5. The highest BCUT2D eigenvalue weighted by Crippen LogP contribution is 2.28. The molecular weight excluding hydrogens is 320 g/mol. The van der Waals surface area contributed by atoms with E-state index in [2.05, 4.69) is 73.5 Å². The van der Waals surface area contributed by atoms with E-state index in [1.54, 1.807) is 7.11 Å². The molecule has 0 aliphatic carbocycles. The SMILES string of the molecule is CCc1ccc(CN2CCN[C@H](c3ccccc3C(C)C)C2)cc1OC. The van der Waals surface area contributed by atoms with E-state index in [4.69, 9.17) is 4.74 Å². The number of nitrogens with zero attached hydrogens (tertiary/aromatic N) is 1. The Hall–Kier alpha value is -1.84. The van der Waals surface area contributed by atoms with E-state index in [9.17, 15) is 0 Å². The van der Waals surface area contributed by atoms with Gasteiger partial charge in [0.25, 0.3) is 0 Å². The molecule has 1 aliphatic heterocycles. The van der Waals surface area contributed by atoms with Gasteiger partial charge in [-0.2, -0.15) is 0 Å². The topological polar surface area (TPSA) is 24.5 Å². The number of nitrogens with one attached hydrogen (secondary N) is 1. The van der Waals surface area contributed by atoms with Gasteiger partial charge in [-0.15, -0.1) is 0 Å². The quantitative estimate of drug-likeness (QED) is 0.827. The molecule has 0 radical (unpaired) electrons. The maximum atomic E-state index is 5.57. The molecule has 1 heterocycles. The summed E-state index contributed by atoms with van der Waals surface area (Å²) in [6, 6.07) is 15.9. The minimum absolute atomic E-state index is 0.402. The Morgan fingerprint density at radius 3 is 2.73 bits per heavy atom. The van der Waals surface area contributed by atoms with Crippen LogP contribution in [0, 0.1) is 0 Å². The standard InChI is InChI=1S/C23H32N2O/c1-5-19-11-10-18(14-23(19)26-4)15-25-13-12-24-22(16-25)21-9-7-6-8-20(21)17(2)3/h6-11,14,17,22,24H,5,12-13,15-16H2,1-4H3/t22-/m0/s1. The van der Waals surface area contributed by atoms with Crippen LogP contribution in [0.1, 0.15) is 55.0 Å². The van der Waals surface area contributed by atoms with Crippen molar-refractivity contribution in [3.8, 4) is 5.75 Å². The number of methoxy groups -OCH3 is 1. The lowest BCUT2D eigenvalue weighted by atomic mass is 9.92. The van der Waals surface area contributed by atoms with Gasteiger partial charge in [-0.3, -0.25) is 4.90 Å². The molecule has 1 N–H and O–H groups in total. The molecule has 3 rings (SSSR count). The lowest BCUT2D eigenvalue weighted by Crippen LogP contribution is -2.45. The van der Waals surface area contributed by atoms with Gasteiger partial charge in [-0.05, 0) is 40.7 Å². The van der Waals surface area contributed by atoms with Crippen LogP contribution in [0.3, 0.4) is 0 Å². The van der Waals surface area contributed by atoms with Gasteiger partial charge in [0.1, 0.15) is 5.75 Å². The van der Waals surface area contributed by atoms with Gasteiger partial charge in [0.15, 0.2) is 0 Å². The summed E-state index contributed by atoms with van der Waals surface area (Å²) in [5, 5.41) is 3.72. The fourth-order valence-corrected chi connectivity index (χ4v) is 3.95. The Labute approximate surface area is 158 Å². The molecule has 2 aromatic carbocycles. The average molecular weight is 353 g/mol. The van der Waals surface area contributed by atoms with E-state index in [-0.39, 0.29) is 0 Å². The highest BCUT2D eigenvalue weighted by Gasteiger charge is 2.23. The first kappa shape index (κ1) is 18.9. The van der Waals surface area contributed by atoms with Crippen molar-refractivity contribution in [2.45, 2.75) is 45.7 Å². The summed E-state index contributed by atoms with van der Waals surface area (Å²) in [7, 11) is 1.77. The van der Waals surface area contributed by atoms with Crippen LogP contribution >= 0.6 is 0 Å². The molecule has 0 saturated carbocycles. The Morgan fingerprint density at radius 2 is 2.00 bits per heavy atom. The van der Waals surface area contributed by atoms with Gasteiger partial charge in [0.05, 0.1) is 7.11 Å². The van der Waals surface area contributed by atoms with Crippen molar-refractivity contribution in [3.05, 3.63) is 64.7 Å². The fraction of sp³-hybridized carbons (Fsp3) is 0.478. The van der Waals surface area contributed by atoms with E-state index >= 15 is 0 Å². The predicted octanol–water partition coefficient (Wildman–Crippen LogP) is 4.53. The minimum Gasteiger partial charge on any atom is -0.496 e. The zero-order valence-corrected chi connectivity index (χ0v) is 16.6. The van der Waals surface area contributed by atoms with Crippen LogP contribution in [0.2, 0.25) is 0 Å². The third kappa shape index (κ3) is 4.28. The van der Waals surface area contributed by atoms with E-state index in [1.807, 2.05) is 0 Å². The maximum Gasteiger partial charge on any atom is 0.122 e. The van der Waals surface area contributed by atoms with Crippen LogP contribution in [0.4, 0.5) is 0 Å². The molecular formula is C23H32N2O. The number of piperazine rings is 1. The van der Waals surface area contributed by atoms with Crippen molar-refractivity contribution in [1.29, 1.82) is 0 Å². The highest BCUT2D eigenvalue weighted by molar-refractivity contribution is 5.38. The number of rotatable bonds is 6. The summed E-state index contributed by atoms with van der Waals surface area (Å²) in [5.74, 6) is 1.57. The van der Waals surface area contributed by atoms with E-state index in [0.717, 1.165) is 38.3 Å². The predicted molar refractivity (Wildman–Crippen MR) is 109 cm³/mol. The first-order valence-corrected chi connectivity index (χ1v) is 9.82. The third-order valence-corrected chi connectivity index (χ3v) is 5.39. The molecule has 0 spiro atoms. The second-order valence-corrected chi connectivity index (χ2v) is 7.53. The van der Waals surface area contributed by atoms with Gasteiger partial charge in [-0.25, -0.2) is 0 Å². The molecule has 1 fully saturated rings. The van der Waals surface area contributed by atoms with Crippen molar-refractivity contribution >= 4 is 0 Å². The first-order valence-electron chi connectivity index (χ1n) is 9.82. The molecule has 140 valence electrons. The van der Waals surface area contributed by atoms with Crippen molar-refractivity contribution in [3.63, 3.8) is 0 Å². The largest absolute Gasteiger partial charge is 0.496 e. The van der Waals surface area contributed by atoms with Crippen molar-refractivity contribution < 1.29 is 4.74 Å². The smallest absolute Gasteiger partial charge is 0.122 e. The maximum absolute atomic E-state index is 5.57. The van der Waals surface area contributed by atoms with Crippen molar-refractivity contribution in [1.82, 2.24) is 10.2 Å². The lowest BCUT2D eigenvalue weighted by Gasteiger charge is -2.35. The normalized spacial score (nSPS) is 18.3. The Bertz CT molecular complexity index is 726. The van der Waals surface area contributed by atoms with E-state index in [0.29, 0.717) is 12.0 Å². The monoisotopic (exact) mass is 352 g/mol. The molecule has 1 aliphatic rings. The number of benzene rings is 2. The first-order chi connectivity index (χ1) is 12.6. The van der Waals surface area contributed by atoms with Crippen LogP contribution in [0.25, 0.3) is 0 Å². The average Bonchev–Trinajstić information content (AvgIpc) is 2.68. The summed E-state index contributed by atoms with van der Waals surface area (Å²) in [6.07, 6.45) is 1.01. The number of hydrogen-bond acceptors (Lipinski definition) is 3. The molecule has 26 heavy (non-hydrogen) atoms. The summed E-state index contributed by atoms with van der Waals surface area (Å²) in [6.45, 7) is 10.9. The van der Waals surface area contributed by atoms with Gasteiger partial charge < -0.3 is 10.1 Å². The second-order valence-electron chi connectivity index (χ2n) is 7.53. The Morgan fingerprint density at radius 1 is 1.19 bits per heavy atom. The van der Waals surface area contributed by atoms with Crippen LogP contribution in [0.5, 0.6) is 5.75 Å². The number of aryl methyl sites for hydroxylation is 1. The van der Waals surface area contributed by atoms with Gasteiger partial charge >= 0.3 is 0 Å². The molecule has 3 heteroatoms. The summed E-state index contributed by atoms with van der Waals surface area (Å²) in [4.78, 5) is 2.55. The van der Waals surface area contributed by atoms with Crippen LogP contribution in [-0.2, 0) is 13.0 Å². The number of ether oxygens (including phenoxy) is 1. The van der Waals surface area contributed by atoms with Crippen LogP contribution in [0.15, 0.2) is 42.5 Å². The Kier molecular flexibility index (Phi) is 6.33. The minimum atomic E-state index is 0.402. The van der Waals surface area contributed by atoms with Crippen LogP contribution < -0.4 is 10.1 Å². The molecule has 1 saturated heterocycles. The zero-order valence-electron chi connectivity index (χ0n) is 16.6. The second kappa shape index (κ2) is 8.70. The third-order valence-electron chi connectivity index (χ3n) is 5.39. The summed E-state index contributed by atoms with van der Waals surface area (Å²) < 4.78 is 5.57. The molecule has 0 unspecified atom stereocenters. The van der Waals surface area contributed by atoms with Gasteiger partial charge in [0, 0.05) is 32.2 Å². The molecule has 0 aromatic heterocycles. The Balaban J connectivity index is 1.73. The van der Waals surface area contributed by atoms with Crippen molar-refractivity contribution in [2.75, 3.05) is 26.7 Å². The summed E-state index contributed by atoms with van der Waals surface area (Å²) in [5.41, 5.74) is 5.52. The molecule has 0 amide bonds. The van der Waals surface area contributed by atoms with Crippen molar-refractivity contribution in [2.24, 2.45) is 0 Å². The fourth-order valence-electron chi connectivity index (χ4n) is 3.95. The molecule has 1 atom stereocenters. The summed E-state index contributed by atoms with van der Waals surface area (Å²) >= 11 is 0. The molecule has 3 nitrogen and oxygen atoms in total. The van der Waals surface area contributed by atoms with Gasteiger partial charge in [-0.1, -0.05) is 57.2 Å². The molecule has 2 aromatic rings. The van der Waals surface area contributed by atoms with Crippen LogP contribution in [-0.4, -0.2) is 31.6 Å². The van der Waals surface area contributed by atoms with E-state index < -0.39 is 0 Å². The van der Waals surface area contributed by atoms with E-state index in [1.165, 1.54) is 22.3 Å². The lowest BCUT2D eigenvalue weighted by molar-refractivity contribution is 0.192.